The molecule has 11 heteroatoms. The van der Waals surface area contributed by atoms with Gasteiger partial charge in [-0.05, 0) is 57.2 Å². The van der Waals surface area contributed by atoms with Crippen LogP contribution in [-0.4, -0.2) is 83.0 Å². The third kappa shape index (κ3) is 8.56. The number of nitrogens with zero attached hydrogens (tertiary/aromatic N) is 5. The number of hydrogen-bond acceptors (Lipinski definition) is 8. The number of carbonyl (C=O) groups excluding carboxylic acids is 2. The molecule has 0 spiro atoms. The molecule has 4 rings (SSSR count). The number of rotatable bonds is 9. The zero-order valence-corrected chi connectivity index (χ0v) is 24.9. The summed E-state index contributed by atoms with van der Waals surface area (Å²) in [4.78, 5) is 40.3. The lowest BCUT2D eigenvalue weighted by atomic mass is 10.0. The zero-order chi connectivity index (χ0) is 29.4. The lowest BCUT2D eigenvalue weighted by Crippen LogP contribution is -2.57. The maximum atomic E-state index is 13.0. The van der Waals surface area contributed by atoms with E-state index in [1.54, 1.807) is 9.80 Å². The number of halogens is 1. The van der Waals surface area contributed by atoms with E-state index < -0.39 is 5.60 Å². The molecule has 2 aliphatic rings. The van der Waals surface area contributed by atoms with Crippen molar-refractivity contribution < 1.29 is 23.8 Å². The minimum Gasteiger partial charge on any atom is -0.445 e. The molecule has 2 amide bonds. The quantitative estimate of drug-likeness (QED) is 0.224. The summed E-state index contributed by atoms with van der Waals surface area (Å²) in [5.41, 5.74) is 2.00. The molecule has 222 valence electrons. The molecule has 1 atom stereocenters. The molecule has 0 bridgehead atoms. The fourth-order valence-electron chi connectivity index (χ4n) is 4.90. The van der Waals surface area contributed by atoms with Gasteiger partial charge in [0.15, 0.2) is 0 Å². The van der Waals surface area contributed by atoms with Crippen LogP contribution in [0.3, 0.4) is 0 Å². The van der Waals surface area contributed by atoms with Crippen molar-refractivity contribution in [1.82, 2.24) is 19.8 Å². The van der Waals surface area contributed by atoms with E-state index in [1.807, 2.05) is 57.2 Å². The van der Waals surface area contributed by atoms with E-state index in [0.29, 0.717) is 51.5 Å². The SMILES string of the molecule is C=CCCCOCC1CN(C(=O)OCc2ccccc2)CCN1c1nc(Cl)nc2c1CCN(C(=O)OC(C)(C)C)C2. The standard InChI is InChI=1S/C30H40ClN5O5/c1-5-6-10-17-39-21-23-18-35(28(37)40-20-22-11-8-7-9-12-22)15-16-36(23)26-24-13-14-34(29(38)41-30(2,3)4)19-25(24)32-27(31)33-26/h5,7-9,11-12,23H,1,6,10,13-21H2,2-4H3. The Bertz CT molecular complexity index is 1210. The molecule has 1 unspecified atom stereocenters. The van der Waals surface area contributed by atoms with Gasteiger partial charge in [-0.2, -0.15) is 0 Å². The third-order valence-corrected chi connectivity index (χ3v) is 7.06. The summed E-state index contributed by atoms with van der Waals surface area (Å²) >= 11 is 6.41. The Morgan fingerprint density at radius 1 is 1.10 bits per heavy atom. The third-order valence-electron chi connectivity index (χ3n) is 6.89. The van der Waals surface area contributed by atoms with Crippen LogP contribution in [0.4, 0.5) is 15.4 Å². The monoisotopic (exact) mass is 585 g/mol. The maximum Gasteiger partial charge on any atom is 0.410 e. The summed E-state index contributed by atoms with van der Waals surface area (Å²) in [6, 6.07) is 9.45. The van der Waals surface area contributed by atoms with Crippen molar-refractivity contribution in [3.05, 3.63) is 65.1 Å². The number of hydrogen-bond donors (Lipinski definition) is 0. The van der Waals surface area contributed by atoms with Gasteiger partial charge in [0.1, 0.15) is 18.0 Å². The predicted octanol–water partition coefficient (Wildman–Crippen LogP) is 5.23. The van der Waals surface area contributed by atoms with Crippen molar-refractivity contribution >= 4 is 29.6 Å². The Morgan fingerprint density at radius 3 is 2.61 bits per heavy atom. The summed E-state index contributed by atoms with van der Waals surface area (Å²) in [5, 5.41) is 0.111. The normalized spacial score (nSPS) is 17.2. The lowest BCUT2D eigenvalue weighted by molar-refractivity contribution is 0.0220. The molecule has 1 saturated heterocycles. The summed E-state index contributed by atoms with van der Waals surface area (Å²) in [7, 11) is 0. The second-order valence-electron chi connectivity index (χ2n) is 11.2. The maximum absolute atomic E-state index is 13.0. The largest absolute Gasteiger partial charge is 0.445 e. The second-order valence-corrected chi connectivity index (χ2v) is 11.6. The number of allylic oxidation sites excluding steroid dienone is 1. The number of ether oxygens (including phenoxy) is 3. The molecule has 0 saturated carbocycles. The molecule has 41 heavy (non-hydrogen) atoms. The van der Waals surface area contributed by atoms with Gasteiger partial charge in [-0.15, -0.1) is 6.58 Å². The first-order valence-corrected chi connectivity index (χ1v) is 14.5. The Labute approximate surface area is 247 Å². The molecular formula is C30H40ClN5O5. The summed E-state index contributed by atoms with van der Waals surface area (Å²) < 4.78 is 17.2. The molecule has 1 aromatic heterocycles. The number of piperazine rings is 1. The number of carbonyl (C=O) groups is 2. The highest BCUT2D eigenvalue weighted by Gasteiger charge is 2.35. The summed E-state index contributed by atoms with van der Waals surface area (Å²) in [6.07, 6.45) is 3.43. The van der Waals surface area contributed by atoms with Crippen molar-refractivity contribution in [3.8, 4) is 0 Å². The lowest BCUT2D eigenvalue weighted by Gasteiger charge is -2.43. The van der Waals surface area contributed by atoms with Crippen molar-refractivity contribution in [2.75, 3.05) is 44.3 Å². The molecule has 10 nitrogen and oxygen atoms in total. The molecule has 1 fully saturated rings. The van der Waals surface area contributed by atoms with Crippen molar-refractivity contribution in [1.29, 1.82) is 0 Å². The van der Waals surface area contributed by atoms with Gasteiger partial charge in [0.2, 0.25) is 5.28 Å². The van der Waals surface area contributed by atoms with E-state index in [-0.39, 0.29) is 36.7 Å². The number of unbranched alkanes of at least 4 members (excludes halogenated alkanes) is 1. The van der Waals surface area contributed by atoms with Gasteiger partial charge in [0, 0.05) is 38.3 Å². The van der Waals surface area contributed by atoms with Crippen LogP contribution < -0.4 is 4.90 Å². The Balaban J connectivity index is 1.50. The minimum atomic E-state index is -0.591. The van der Waals surface area contributed by atoms with Crippen LogP contribution in [0.5, 0.6) is 0 Å². The van der Waals surface area contributed by atoms with Gasteiger partial charge in [-0.25, -0.2) is 19.6 Å². The predicted molar refractivity (Wildman–Crippen MR) is 157 cm³/mol. The van der Waals surface area contributed by atoms with Crippen molar-refractivity contribution in [2.24, 2.45) is 0 Å². The number of anilines is 1. The fraction of sp³-hybridized carbons (Fsp3) is 0.533. The number of benzene rings is 1. The average molecular weight is 586 g/mol. The van der Waals surface area contributed by atoms with Gasteiger partial charge < -0.3 is 28.9 Å². The van der Waals surface area contributed by atoms with Crippen LogP contribution in [0.2, 0.25) is 5.28 Å². The Kier molecular flexibility index (Phi) is 10.4. The van der Waals surface area contributed by atoms with Crippen LogP contribution >= 0.6 is 11.6 Å². The first kappa shape index (κ1) is 30.6. The highest BCUT2D eigenvalue weighted by molar-refractivity contribution is 6.28. The van der Waals surface area contributed by atoms with Gasteiger partial charge >= 0.3 is 12.2 Å². The van der Waals surface area contributed by atoms with Crippen LogP contribution in [0.1, 0.15) is 50.4 Å². The van der Waals surface area contributed by atoms with E-state index >= 15 is 0 Å². The van der Waals surface area contributed by atoms with Crippen molar-refractivity contribution in [2.45, 2.75) is 64.8 Å². The summed E-state index contributed by atoms with van der Waals surface area (Å²) in [6.45, 7) is 12.7. The Hall–Kier alpha value is -3.37. The molecule has 1 aromatic carbocycles. The summed E-state index contributed by atoms with van der Waals surface area (Å²) in [5.74, 6) is 0.723. The van der Waals surface area contributed by atoms with Gasteiger partial charge in [-0.3, -0.25) is 0 Å². The minimum absolute atomic E-state index is 0.111. The van der Waals surface area contributed by atoms with Crippen LogP contribution in [0.15, 0.2) is 43.0 Å². The molecule has 2 aromatic rings. The molecular weight excluding hydrogens is 546 g/mol. The van der Waals surface area contributed by atoms with Crippen molar-refractivity contribution in [3.63, 3.8) is 0 Å². The molecule has 2 aliphatic heterocycles. The number of amides is 2. The van der Waals surface area contributed by atoms with Crippen LogP contribution in [-0.2, 0) is 33.8 Å². The number of fused-ring (bicyclic) bond motifs is 1. The molecule has 0 radical (unpaired) electrons. The van der Waals surface area contributed by atoms with E-state index in [2.05, 4.69) is 21.4 Å². The Morgan fingerprint density at radius 2 is 1.88 bits per heavy atom. The van der Waals surface area contributed by atoms with Gasteiger partial charge in [0.05, 0.1) is 24.9 Å². The molecule has 0 N–H and O–H groups in total. The first-order valence-electron chi connectivity index (χ1n) is 14.1. The van der Waals surface area contributed by atoms with Gasteiger partial charge in [0.25, 0.3) is 0 Å². The topological polar surface area (TPSA) is 97.3 Å². The van der Waals surface area contributed by atoms with E-state index in [1.165, 1.54) is 0 Å². The average Bonchev–Trinajstić information content (AvgIpc) is 2.94. The highest BCUT2D eigenvalue weighted by Crippen LogP contribution is 2.31. The smallest absolute Gasteiger partial charge is 0.410 e. The fourth-order valence-corrected chi connectivity index (χ4v) is 5.09. The van der Waals surface area contributed by atoms with Crippen LogP contribution in [0.25, 0.3) is 0 Å². The van der Waals surface area contributed by atoms with E-state index in [9.17, 15) is 9.59 Å². The molecule has 0 aliphatic carbocycles. The number of aromatic nitrogens is 2. The zero-order valence-electron chi connectivity index (χ0n) is 24.2. The van der Waals surface area contributed by atoms with Gasteiger partial charge in [-0.1, -0.05) is 36.4 Å². The van der Waals surface area contributed by atoms with E-state index in [0.717, 1.165) is 29.8 Å². The molecule has 3 heterocycles. The second kappa shape index (κ2) is 14.0. The van der Waals surface area contributed by atoms with E-state index in [4.69, 9.17) is 25.8 Å². The van der Waals surface area contributed by atoms with Crippen LogP contribution in [0, 0.1) is 0 Å². The first-order chi connectivity index (χ1) is 19.6. The highest BCUT2D eigenvalue weighted by atomic mass is 35.5.